The normalized spacial score (nSPS) is 8.93. The number of pyridine rings is 1. The highest BCUT2D eigenvalue weighted by Gasteiger charge is 2.34. The van der Waals surface area contributed by atoms with Crippen LogP contribution >= 0.6 is 0 Å². The van der Waals surface area contributed by atoms with Gasteiger partial charge in [-0.15, -0.1) is 6.42 Å². The molecule has 0 fully saturated rings. The lowest BCUT2D eigenvalue weighted by Gasteiger charge is -2.27. The number of rotatable bonds is 14. The van der Waals surface area contributed by atoms with E-state index in [1.807, 2.05) is 54.6 Å². The highest BCUT2D eigenvalue weighted by Crippen LogP contribution is 2.24. The van der Waals surface area contributed by atoms with Gasteiger partial charge in [-0.05, 0) is 174 Å². The number of aryl methyl sites for hydroxylation is 1. The Kier molecular flexibility index (Phi) is 31.8. The van der Waals surface area contributed by atoms with Crippen LogP contribution < -0.4 is 16.4 Å². The Hall–Kier alpha value is -11.3. The summed E-state index contributed by atoms with van der Waals surface area (Å²) in [6.45, 7) is 10.8. The van der Waals surface area contributed by atoms with Crippen molar-refractivity contribution >= 4 is 34.4 Å². The molecule has 1 heterocycles. The number of terminal acetylenes is 1. The van der Waals surface area contributed by atoms with Gasteiger partial charge in [-0.1, -0.05) is 72.2 Å². The molecule has 0 spiro atoms. The highest BCUT2D eigenvalue weighted by molar-refractivity contribution is 5.93. The van der Waals surface area contributed by atoms with Gasteiger partial charge in [0.1, 0.15) is 11.4 Å². The van der Waals surface area contributed by atoms with Crippen LogP contribution in [0.15, 0.2) is 76.5 Å². The second kappa shape index (κ2) is 38.5. The van der Waals surface area contributed by atoms with Gasteiger partial charge in [0, 0.05) is 112 Å². The number of nitrogen functional groups attached to an aromatic ring is 1. The number of hydrogen-bond acceptors (Lipinski definition) is 12. The zero-order valence-corrected chi connectivity index (χ0v) is 41.9. The number of aromatic nitrogens is 1. The Labute approximate surface area is 466 Å². The van der Waals surface area contributed by atoms with Crippen molar-refractivity contribution in [3.05, 3.63) is 71.9 Å². The molecule has 406 valence electrons. The minimum absolute atomic E-state index is 0. The van der Waals surface area contributed by atoms with Crippen molar-refractivity contribution in [2.75, 3.05) is 5.73 Å². The molecule has 3 rings (SSSR count). The number of ketones is 1. The first-order valence-electron chi connectivity index (χ1n) is 21.7. The molecule has 17 nitrogen and oxygen atoms in total. The van der Waals surface area contributed by atoms with E-state index in [9.17, 15) is 14.4 Å². The minimum Gasteiger partial charge on any atom is -0.444 e. The van der Waals surface area contributed by atoms with Crippen molar-refractivity contribution in [3.63, 3.8) is 0 Å². The SMILES string of the molecule is C#CC#CC#CC#CC#CC#CC#CC#CC#CC#CC#CC#CC#CC#CC.CC(C)(C)OC(=O)N[C@H](CCc1ccccc1)C(=O)CC(C)(C)C(=O)NCc1ccc2c(N)nccc2c1.N=N/N=N/N(OO)OO.[HH].[HH].[HH].[HH].[HH].[HH].[HH].[HH].[HH].[HH].[HH].[HH].[HH].[HH].[HH].[HH]. The predicted molar refractivity (Wildman–Crippen MR) is 318 cm³/mol. The molecule has 7 N–H and O–H groups in total. The van der Waals surface area contributed by atoms with Gasteiger partial charge < -0.3 is 21.1 Å². The van der Waals surface area contributed by atoms with Gasteiger partial charge in [0.15, 0.2) is 5.78 Å². The van der Waals surface area contributed by atoms with Crippen molar-refractivity contribution in [2.45, 2.75) is 79.0 Å². The van der Waals surface area contributed by atoms with E-state index in [1.165, 1.54) is 0 Å². The molecular formula is C59H77N9O8. The zero-order chi connectivity index (χ0) is 56.1. The van der Waals surface area contributed by atoms with Gasteiger partial charge in [-0.2, -0.15) is 5.53 Å². The molecule has 1 aromatic heterocycles. The van der Waals surface area contributed by atoms with Gasteiger partial charge in [-0.3, -0.25) is 9.59 Å². The van der Waals surface area contributed by atoms with E-state index in [0.29, 0.717) is 25.2 Å². The Morgan fingerprint density at radius 3 is 1.67 bits per heavy atom. The zero-order valence-electron chi connectivity index (χ0n) is 41.9. The summed E-state index contributed by atoms with van der Waals surface area (Å²) in [5, 5.41) is 30.1. The van der Waals surface area contributed by atoms with Gasteiger partial charge in [0.25, 0.3) is 0 Å². The molecule has 17 heteroatoms. The van der Waals surface area contributed by atoms with Crippen molar-refractivity contribution in [2.24, 2.45) is 21.1 Å². The lowest BCUT2D eigenvalue weighted by atomic mass is 9.83. The van der Waals surface area contributed by atoms with Crippen LogP contribution in [0.4, 0.5) is 10.6 Å². The Morgan fingerprint density at radius 1 is 0.737 bits per heavy atom. The van der Waals surface area contributed by atoms with Crippen LogP contribution in [-0.2, 0) is 37.3 Å². The second-order valence-corrected chi connectivity index (χ2v) is 15.4. The fourth-order valence-electron chi connectivity index (χ4n) is 5.06. The van der Waals surface area contributed by atoms with Gasteiger partial charge in [0.05, 0.1) is 16.8 Å². The van der Waals surface area contributed by atoms with Crippen LogP contribution in [0.2, 0.25) is 0 Å². The number of carbonyl (C=O) groups is 3. The second-order valence-electron chi connectivity index (χ2n) is 15.4. The molecule has 0 saturated carbocycles. The fourth-order valence-corrected chi connectivity index (χ4v) is 5.06. The molecule has 0 aliphatic carbocycles. The maximum atomic E-state index is 13.4. The third-order valence-corrected chi connectivity index (χ3v) is 8.18. The van der Waals surface area contributed by atoms with Crippen molar-refractivity contribution in [3.8, 4) is 166 Å². The van der Waals surface area contributed by atoms with Crippen LogP contribution in [0.25, 0.3) is 10.8 Å². The number of hydrogen-bond donors (Lipinski definition) is 6. The number of Topliss-reactive ketones (excluding diaryl/α,β-unsaturated/α-hetero) is 1. The number of fused-ring (bicyclic) bond motifs is 1. The average molecular weight is 1040 g/mol. The summed E-state index contributed by atoms with van der Waals surface area (Å²) in [5.41, 5.74) is 12.2. The third kappa shape index (κ3) is 31.1. The van der Waals surface area contributed by atoms with Crippen molar-refractivity contribution < 1.29 is 62.4 Å². The quantitative estimate of drug-likeness (QED) is 0.0384. The number of anilines is 1. The first-order chi connectivity index (χ1) is 36.6. The molecule has 1 atom stereocenters. The number of amides is 2. The van der Waals surface area contributed by atoms with E-state index in [-0.39, 0.29) is 46.3 Å². The third-order valence-electron chi connectivity index (χ3n) is 8.18. The van der Waals surface area contributed by atoms with E-state index >= 15 is 0 Å². The molecule has 0 aliphatic heterocycles. The standard InChI is InChI=1S/C30H38N4O4.C29H4.H3N5O4.16H2/c1-29(2,3)38-28(37)34-24(14-12-20-9-7-6-8-10-20)25(35)18-30(4,5)27(36)33-19-21-11-13-23-22(17-21)15-16-32-26(23)31;1-3-5-7-9-11-13-15-17-19-21-23-25-27-29-28-26-24-22-20-18-16-14-12-10-8-6-4-2;1-2-3-4-5(8-6)9-7;;;;;;;;;;;;;;;;/h6-11,13,15-17,24H,12,14,18-19H2,1-5H3,(H2,31,32)(H,33,36)(H,34,37);1H,2H3;1,6-7H;16*1H/b;;2-1?,4-3+;;;;;;;;;;;;;;;;/t24-;;;;;;;;;;;;;;;;;;/m1................../s1. The maximum Gasteiger partial charge on any atom is 0.408 e. The molecule has 2 amide bonds. The highest BCUT2D eigenvalue weighted by atomic mass is 17.4. The van der Waals surface area contributed by atoms with E-state index < -0.39 is 23.2 Å². The van der Waals surface area contributed by atoms with Gasteiger partial charge in [-0.25, -0.2) is 20.3 Å². The molecule has 2 aromatic carbocycles. The smallest absolute Gasteiger partial charge is 0.408 e. The molecule has 0 saturated heterocycles. The minimum atomic E-state index is -0.983. The largest absolute Gasteiger partial charge is 0.444 e. The molecule has 0 radical (unpaired) electrons. The summed E-state index contributed by atoms with van der Waals surface area (Å²) in [6.07, 6.45) is 6.87. The van der Waals surface area contributed by atoms with E-state index in [1.54, 1.807) is 47.7 Å². The predicted octanol–water partition coefficient (Wildman–Crippen LogP) is 9.98. The topological polar surface area (TPSA) is 246 Å². The molecule has 0 aliphatic rings. The van der Waals surface area contributed by atoms with Gasteiger partial charge in [0.2, 0.25) is 5.91 Å². The Bertz CT molecular complexity index is 3570. The van der Waals surface area contributed by atoms with Crippen molar-refractivity contribution in [1.82, 2.24) is 21.0 Å². The molecule has 76 heavy (non-hydrogen) atoms. The molecule has 0 unspecified atom stereocenters. The van der Waals surface area contributed by atoms with E-state index in [0.717, 1.165) is 21.9 Å². The number of ether oxygens (including phenoxy) is 1. The monoisotopic (exact) mass is 1040 g/mol. The van der Waals surface area contributed by atoms with Crippen LogP contribution in [-0.4, -0.2) is 50.3 Å². The van der Waals surface area contributed by atoms with Crippen LogP contribution in [0.5, 0.6) is 0 Å². The van der Waals surface area contributed by atoms with E-state index in [4.69, 9.17) is 32.9 Å². The fraction of sp³-hybridized carbons (Fsp3) is 0.220. The summed E-state index contributed by atoms with van der Waals surface area (Å²) in [6, 6.07) is 16.6. The summed E-state index contributed by atoms with van der Waals surface area (Å²) in [4.78, 5) is 49.4. The average Bonchev–Trinajstić information content (AvgIpc) is 3.39. The first kappa shape index (κ1) is 62.8. The number of alkyl carbamates (subject to hydrolysis) is 1. The van der Waals surface area contributed by atoms with Crippen LogP contribution in [0.3, 0.4) is 0 Å². The van der Waals surface area contributed by atoms with E-state index in [2.05, 4.69) is 201 Å². The number of carbonyl (C=O) groups excluding carboxylic acids is 3. The summed E-state index contributed by atoms with van der Waals surface area (Å²) < 4.78 is 5.38. The van der Waals surface area contributed by atoms with Crippen LogP contribution in [0, 0.1) is 177 Å². The lowest BCUT2D eigenvalue weighted by Crippen LogP contribution is -2.46. The van der Waals surface area contributed by atoms with Crippen molar-refractivity contribution in [1.29, 1.82) is 5.53 Å². The maximum absolute atomic E-state index is 13.4. The first-order valence-corrected chi connectivity index (χ1v) is 21.7. The molecule has 0 bridgehead atoms. The summed E-state index contributed by atoms with van der Waals surface area (Å²) in [7, 11) is 0. The lowest BCUT2D eigenvalue weighted by molar-refractivity contribution is -0.587. The Balaban J connectivity index is -0.0000000696. The van der Waals surface area contributed by atoms with Crippen LogP contribution in [0.1, 0.15) is 88.3 Å². The number of nitrogens with one attached hydrogen (secondary N) is 3. The number of benzene rings is 2. The number of nitrogens with two attached hydrogens (primary N) is 1. The van der Waals surface area contributed by atoms with Gasteiger partial charge >= 0.3 is 6.09 Å². The summed E-state index contributed by atoms with van der Waals surface area (Å²) in [5.74, 6) is 66.9. The number of nitrogens with zero attached hydrogens (tertiary/aromatic N) is 5. The summed E-state index contributed by atoms with van der Waals surface area (Å²) >= 11 is 0. The molecule has 3 aromatic rings. The molecular weight excluding hydrogens is 963 g/mol. The Morgan fingerprint density at radius 2 is 1.22 bits per heavy atom.